The van der Waals surface area contributed by atoms with Gasteiger partial charge in [-0.15, -0.1) is 11.3 Å². The molecule has 1 aromatic heterocycles. The van der Waals surface area contributed by atoms with Gasteiger partial charge in [0, 0.05) is 24.2 Å². The highest BCUT2D eigenvalue weighted by Gasteiger charge is 2.35. The summed E-state index contributed by atoms with van der Waals surface area (Å²) < 4.78 is 59.1. The molecule has 0 aliphatic carbocycles. The number of aryl methyl sites for hydroxylation is 1. The number of ether oxygens (including phenoxy) is 1. The van der Waals surface area contributed by atoms with Crippen LogP contribution in [0.25, 0.3) is 0 Å². The van der Waals surface area contributed by atoms with Crippen molar-refractivity contribution in [2.45, 2.75) is 26.6 Å². The van der Waals surface area contributed by atoms with E-state index in [2.05, 4.69) is 4.99 Å². The summed E-state index contributed by atoms with van der Waals surface area (Å²) in [4.78, 5) is 17.3. The fraction of sp³-hybridized carbons (Fsp3) is 0.375. The number of hydrogen-bond acceptors (Lipinski definition) is 3. The van der Waals surface area contributed by atoms with Crippen LogP contribution in [0, 0.1) is 19.7 Å². The van der Waals surface area contributed by atoms with Crippen LogP contribution in [0.5, 0.6) is 0 Å². The fourth-order valence-electron chi connectivity index (χ4n) is 2.19. The van der Waals surface area contributed by atoms with Gasteiger partial charge in [-0.1, -0.05) is 6.07 Å². The number of alkyl halides is 3. The van der Waals surface area contributed by atoms with Crippen LogP contribution < -0.4 is 4.80 Å². The fourth-order valence-corrected chi connectivity index (χ4v) is 3.19. The first kappa shape index (κ1) is 19.3. The number of rotatable bonds is 4. The van der Waals surface area contributed by atoms with Crippen LogP contribution in [-0.2, 0) is 17.5 Å². The van der Waals surface area contributed by atoms with Crippen molar-refractivity contribution >= 4 is 17.2 Å². The van der Waals surface area contributed by atoms with Gasteiger partial charge in [-0.3, -0.25) is 4.79 Å². The summed E-state index contributed by atoms with van der Waals surface area (Å²) in [6.45, 7) is 4.45. The van der Waals surface area contributed by atoms with Gasteiger partial charge in [0.25, 0.3) is 5.91 Å². The van der Waals surface area contributed by atoms with E-state index in [-0.39, 0.29) is 4.80 Å². The van der Waals surface area contributed by atoms with Crippen LogP contribution in [0.2, 0.25) is 0 Å². The molecule has 2 aromatic rings. The van der Waals surface area contributed by atoms with Gasteiger partial charge < -0.3 is 9.30 Å². The lowest BCUT2D eigenvalue weighted by molar-refractivity contribution is -0.140. The minimum atomic E-state index is -4.88. The number of aromatic nitrogens is 1. The molecule has 0 aliphatic heterocycles. The molecule has 0 saturated carbocycles. The lowest BCUT2D eigenvalue weighted by Crippen LogP contribution is -2.21. The largest absolute Gasteiger partial charge is 0.419 e. The standard InChI is InChI=1S/C16H16F4N2O2S/c1-9-10(2)25-15(22(9)7-8-24-3)21-14(23)11-5-4-6-12(13(11)17)16(18,19)20/h4-6H,7-8H2,1-3H3/b21-15-. The zero-order valence-corrected chi connectivity index (χ0v) is 14.6. The van der Waals surface area contributed by atoms with Crippen molar-refractivity contribution < 1.29 is 27.1 Å². The predicted molar refractivity (Wildman–Crippen MR) is 85.0 cm³/mol. The minimum Gasteiger partial charge on any atom is -0.383 e. The number of nitrogens with zero attached hydrogens (tertiary/aromatic N) is 2. The van der Waals surface area contributed by atoms with Crippen molar-refractivity contribution in [2.75, 3.05) is 13.7 Å². The second kappa shape index (κ2) is 7.49. The monoisotopic (exact) mass is 376 g/mol. The first-order chi connectivity index (χ1) is 11.7. The third-order valence-electron chi connectivity index (χ3n) is 3.64. The molecule has 0 spiro atoms. The second-order valence-electron chi connectivity index (χ2n) is 5.25. The molecule has 0 saturated heterocycles. The second-order valence-corrected chi connectivity index (χ2v) is 6.43. The van der Waals surface area contributed by atoms with Crippen LogP contribution >= 0.6 is 11.3 Å². The summed E-state index contributed by atoms with van der Waals surface area (Å²) in [5.74, 6) is -2.67. The molecular formula is C16H16F4N2O2S. The van der Waals surface area contributed by atoms with Crippen LogP contribution in [-0.4, -0.2) is 24.2 Å². The Morgan fingerprint density at radius 2 is 2.00 bits per heavy atom. The Balaban J connectivity index is 2.50. The number of carbonyl (C=O) groups is 1. The highest BCUT2D eigenvalue weighted by molar-refractivity contribution is 7.09. The molecule has 0 N–H and O–H groups in total. The molecule has 0 bridgehead atoms. The molecule has 0 fully saturated rings. The number of benzene rings is 1. The summed E-state index contributed by atoms with van der Waals surface area (Å²) in [6, 6.07) is 2.56. The van der Waals surface area contributed by atoms with E-state index in [9.17, 15) is 22.4 Å². The van der Waals surface area contributed by atoms with Crippen molar-refractivity contribution in [2.24, 2.45) is 4.99 Å². The molecule has 0 unspecified atom stereocenters. The average Bonchev–Trinajstić information content (AvgIpc) is 2.78. The molecule has 25 heavy (non-hydrogen) atoms. The van der Waals surface area contributed by atoms with Crippen LogP contribution in [0.4, 0.5) is 17.6 Å². The van der Waals surface area contributed by atoms with Crippen LogP contribution in [0.15, 0.2) is 23.2 Å². The maximum atomic E-state index is 14.1. The molecule has 0 atom stereocenters. The molecule has 1 aromatic carbocycles. The lowest BCUT2D eigenvalue weighted by Gasteiger charge is -2.09. The Morgan fingerprint density at radius 1 is 1.32 bits per heavy atom. The van der Waals surface area contributed by atoms with Gasteiger partial charge in [0.05, 0.1) is 17.7 Å². The molecule has 136 valence electrons. The van der Waals surface area contributed by atoms with Crippen LogP contribution in [0.3, 0.4) is 0 Å². The maximum absolute atomic E-state index is 14.1. The zero-order valence-electron chi connectivity index (χ0n) is 13.8. The number of halogens is 4. The van der Waals surface area contributed by atoms with E-state index in [1.807, 2.05) is 13.8 Å². The lowest BCUT2D eigenvalue weighted by atomic mass is 10.1. The highest BCUT2D eigenvalue weighted by Crippen LogP contribution is 2.32. The normalized spacial score (nSPS) is 12.7. The predicted octanol–water partition coefficient (Wildman–Crippen LogP) is 3.71. The third-order valence-corrected chi connectivity index (χ3v) is 4.74. The number of amides is 1. The van der Waals surface area contributed by atoms with Gasteiger partial charge in [0.1, 0.15) is 5.82 Å². The SMILES string of the molecule is COCCn1c(C)c(C)s/c1=N\C(=O)c1cccc(C(F)(F)F)c1F. The third kappa shape index (κ3) is 4.16. The van der Waals surface area contributed by atoms with Crippen molar-refractivity contribution in [3.05, 3.63) is 50.5 Å². The quantitative estimate of drug-likeness (QED) is 0.764. The molecule has 9 heteroatoms. The van der Waals surface area contributed by atoms with E-state index >= 15 is 0 Å². The van der Waals surface area contributed by atoms with Crippen LogP contribution in [0.1, 0.15) is 26.5 Å². The van der Waals surface area contributed by atoms with Gasteiger partial charge in [0.2, 0.25) is 0 Å². The summed E-state index contributed by atoms with van der Waals surface area (Å²) in [7, 11) is 1.52. The van der Waals surface area contributed by atoms with Gasteiger partial charge in [-0.05, 0) is 26.0 Å². The van der Waals surface area contributed by atoms with E-state index in [0.717, 1.165) is 22.7 Å². The van der Waals surface area contributed by atoms with Crippen molar-refractivity contribution in [3.8, 4) is 0 Å². The number of hydrogen-bond donors (Lipinski definition) is 0. The summed E-state index contributed by atoms with van der Waals surface area (Å²) in [5, 5.41) is 0. The topological polar surface area (TPSA) is 43.6 Å². The summed E-state index contributed by atoms with van der Waals surface area (Å²) in [6.07, 6.45) is -4.88. The Hall–Kier alpha value is -2.00. The van der Waals surface area contributed by atoms with Gasteiger partial charge >= 0.3 is 6.18 Å². The van der Waals surface area contributed by atoms with E-state index in [0.29, 0.717) is 19.2 Å². The van der Waals surface area contributed by atoms with Crippen molar-refractivity contribution in [1.82, 2.24) is 4.57 Å². The Labute approximate surface area is 145 Å². The summed E-state index contributed by atoms with van der Waals surface area (Å²) >= 11 is 1.21. The first-order valence-corrected chi connectivity index (χ1v) is 8.09. The molecule has 4 nitrogen and oxygen atoms in total. The smallest absolute Gasteiger partial charge is 0.383 e. The van der Waals surface area contributed by atoms with Crippen molar-refractivity contribution in [3.63, 3.8) is 0 Å². The summed E-state index contributed by atoms with van der Waals surface area (Å²) in [5.41, 5.74) is -1.34. The Morgan fingerprint density at radius 3 is 2.60 bits per heavy atom. The van der Waals surface area contributed by atoms with Gasteiger partial charge in [-0.2, -0.15) is 18.2 Å². The maximum Gasteiger partial charge on any atom is 0.419 e. The van der Waals surface area contributed by atoms with E-state index in [4.69, 9.17) is 4.74 Å². The Bertz CT molecular complexity index is 853. The van der Waals surface area contributed by atoms with Crippen molar-refractivity contribution in [1.29, 1.82) is 0 Å². The minimum absolute atomic E-state index is 0.286. The van der Waals surface area contributed by atoms with E-state index in [1.54, 1.807) is 4.57 Å². The molecule has 0 radical (unpaired) electrons. The van der Waals surface area contributed by atoms with E-state index in [1.165, 1.54) is 18.4 Å². The molecular weight excluding hydrogens is 360 g/mol. The number of thiazole rings is 1. The first-order valence-electron chi connectivity index (χ1n) is 7.27. The Kier molecular flexibility index (Phi) is 5.79. The average molecular weight is 376 g/mol. The molecule has 1 amide bonds. The van der Waals surface area contributed by atoms with Gasteiger partial charge in [-0.25, -0.2) is 4.39 Å². The van der Waals surface area contributed by atoms with E-state index < -0.39 is 29.0 Å². The van der Waals surface area contributed by atoms with Gasteiger partial charge in [0.15, 0.2) is 4.80 Å². The number of carbonyl (C=O) groups excluding carboxylic acids is 1. The number of methoxy groups -OCH3 is 1. The molecule has 2 rings (SSSR count). The highest BCUT2D eigenvalue weighted by atomic mass is 32.1. The molecule has 1 heterocycles. The zero-order chi connectivity index (χ0) is 18.8. The molecule has 0 aliphatic rings.